The number of hydrogen-bond donors (Lipinski definition) is 0. The molecule has 8 nitrogen and oxygen atoms in total. The largest absolute Gasteiger partial charge is 0.469 e. The van der Waals surface area contributed by atoms with Gasteiger partial charge in [0.25, 0.3) is 0 Å². The summed E-state index contributed by atoms with van der Waals surface area (Å²) in [4.78, 5) is 50.4. The molecule has 3 aliphatic rings. The Morgan fingerprint density at radius 3 is 2.04 bits per heavy atom. The quantitative estimate of drug-likeness (QED) is 0.548. The summed E-state index contributed by atoms with van der Waals surface area (Å²) in [6.07, 6.45) is 0.0262. The molecule has 0 aromatic heterocycles. The molecule has 24 heavy (non-hydrogen) atoms. The van der Waals surface area contributed by atoms with E-state index in [1.54, 1.807) is 20.8 Å². The van der Waals surface area contributed by atoms with Crippen LogP contribution in [-0.4, -0.2) is 54.7 Å². The molecule has 2 amide bonds. The molecular formula is C16H23NO7. The molecule has 1 aliphatic carbocycles. The molecule has 2 bridgehead atoms. The Morgan fingerprint density at radius 1 is 1.00 bits per heavy atom. The third-order valence-electron chi connectivity index (χ3n) is 4.43. The first kappa shape index (κ1) is 18.2. The molecule has 134 valence electrons. The lowest BCUT2D eigenvalue weighted by Crippen LogP contribution is -2.66. The number of esters is 2. The van der Waals surface area contributed by atoms with Crippen LogP contribution in [0.5, 0.6) is 0 Å². The maximum atomic E-state index is 12.7. The lowest BCUT2D eigenvalue weighted by molar-refractivity contribution is -0.180. The fourth-order valence-corrected chi connectivity index (χ4v) is 3.53. The van der Waals surface area contributed by atoms with Crippen LogP contribution in [0.15, 0.2) is 0 Å². The number of methoxy groups -OCH3 is 2. The molecule has 2 saturated heterocycles. The highest BCUT2D eigenvalue weighted by Crippen LogP contribution is 2.45. The Hall–Kier alpha value is -2.12. The number of ether oxygens (including phenoxy) is 3. The second kappa shape index (κ2) is 6.41. The Labute approximate surface area is 140 Å². The predicted octanol–water partition coefficient (Wildman–Crippen LogP) is 1.12. The van der Waals surface area contributed by atoms with Gasteiger partial charge >= 0.3 is 18.0 Å². The van der Waals surface area contributed by atoms with Crippen molar-refractivity contribution in [3.05, 3.63) is 0 Å². The zero-order valence-electron chi connectivity index (χ0n) is 14.5. The van der Waals surface area contributed by atoms with Gasteiger partial charge in [-0.25, -0.2) is 9.69 Å². The SMILES string of the molecule is COC(=O)[C@@H]1[C@H](C(=O)OC)[C@@H]2CC[C@H]1C(=O)N2C(=O)OC(C)(C)C. The number of amides is 2. The number of hydrogen-bond acceptors (Lipinski definition) is 7. The zero-order valence-corrected chi connectivity index (χ0v) is 14.5. The average Bonchev–Trinajstić information content (AvgIpc) is 2.51. The van der Waals surface area contributed by atoms with Crippen molar-refractivity contribution in [3.8, 4) is 0 Å². The number of carbonyl (C=O) groups is 4. The van der Waals surface area contributed by atoms with E-state index in [0.717, 1.165) is 4.90 Å². The molecule has 3 fully saturated rings. The van der Waals surface area contributed by atoms with Crippen molar-refractivity contribution in [1.29, 1.82) is 0 Å². The van der Waals surface area contributed by atoms with Crippen LogP contribution in [0.1, 0.15) is 33.6 Å². The summed E-state index contributed by atoms with van der Waals surface area (Å²) in [5.41, 5.74) is -0.781. The number of imide groups is 1. The molecule has 8 heteroatoms. The highest BCUT2D eigenvalue weighted by Gasteiger charge is 2.60. The minimum Gasteiger partial charge on any atom is -0.469 e. The molecule has 0 spiro atoms. The van der Waals surface area contributed by atoms with Gasteiger partial charge < -0.3 is 14.2 Å². The van der Waals surface area contributed by atoms with Gasteiger partial charge in [-0.05, 0) is 33.6 Å². The first-order valence-corrected chi connectivity index (χ1v) is 7.84. The summed E-state index contributed by atoms with van der Waals surface area (Å²) in [6, 6.07) is -0.770. The predicted molar refractivity (Wildman–Crippen MR) is 80.6 cm³/mol. The first-order valence-electron chi connectivity index (χ1n) is 7.84. The van der Waals surface area contributed by atoms with E-state index < -0.39 is 53.3 Å². The van der Waals surface area contributed by atoms with E-state index in [9.17, 15) is 19.2 Å². The third kappa shape index (κ3) is 3.09. The number of rotatable bonds is 2. The molecule has 2 heterocycles. The van der Waals surface area contributed by atoms with E-state index in [4.69, 9.17) is 14.2 Å². The minimum absolute atomic E-state index is 0.413. The standard InChI is InChI=1S/C16H23NO7/c1-16(2,3)24-15(21)17-9-7-6-8(12(17)18)10(13(19)22-4)11(9)14(20)23-5/h8-11H,6-7H2,1-5H3/t8-,9+,10+,11-/m1/s1. The van der Waals surface area contributed by atoms with Crippen LogP contribution in [0.2, 0.25) is 0 Å². The van der Waals surface area contributed by atoms with Gasteiger partial charge in [0.1, 0.15) is 5.60 Å². The zero-order chi connectivity index (χ0) is 18.2. The summed E-state index contributed by atoms with van der Waals surface area (Å²) in [5.74, 6) is -4.45. The van der Waals surface area contributed by atoms with Crippen molar-refractivity contribution in [1.82, 2.24) is 4.90 Å². The van der Waals surface area contributed by atoms with E-state index in [1.807, 2.05) is 0 Å². The molecule has 0 aromatic carbocycles. The smallest absolute Gasteiger partial charge is 0.417 e. The van der Waals surface area contributed by atoms with E-state index in [-0.39, 0.29) is 0 Å². The topological polar surface area (TPSA) is 99.2 Å². The maximum Gasteiger partial charge on any atom is 0.417 e. The van der Waals surface area contributed by atoms with Crippen molar-refractivity contribution in [2.75, 3.05) is 14.2 Å². The van der Waals surface area contributed by atoms with Gasteiger partial charge in [-0.15, -0.1) is 0 Å². The fraction of sp³-hybridized carbons (Fsp3) is 0.750. The second-order valence-corrected chi connectivity index (χ2v) is 7.04. The van der Waals surface area contributed by atoms with Gasteiger partial charge in [0.2, 0.25) is 5.91 Å². The summed E-state index contributed by atoms with van der Waals surface area (Å²) in [6.45, 7) is 5.06. The van der Waals surface area contributed by atoms with Crippen LogP contribution in [0, 0.1) is 17.8 Å². The molecule has 0 radical (unpaired) electrons. The van der Waals surface area contributed by atoms with Crippen molar-refractivity contribution in [2.24, 2.45) is 17.8 Å². The Bertz CT molecular complexity index is 565. The number of nitrogens with zero attached hydrogens (tertiary/aromatic N) is 1. The van der Waals surface area contributed by atoms with Crippen molar-refractivity contribution in [3.63, 3.8) is 0 Å². The van der Waals surface area contributed by atoms with E-state index in [0.29, 0.717) is 12.8 Å². The number of fused-ring (bicyclic) bond motifs is 3. The van der Waals surface area contributed by atoms with Crippen molar-refractivity contribution >= 4 is 23.9 Å². The third-order valence-corrected chi connectivity index (χ3v) is 4.43. The monoisotopic (exact) mass is 341 g/mol. The molecule has 4 atom stereocenters. The maximum absolute atomic E-state index is 12.7. The Morgan fingerprint density at radius 2 is 1.54 bits per heavy atom. The van der Waals surface area contributed by atoms with Gasteiger partial charge in [0, 0.05) is 0 Å². The first-order chi connectivity index (χ1) is 11.1. The van der Waals surface area contributed by atoms with E-state index in [2.05, 4.69) is 0 Å². The lowest BCUT2D eigenvalue weighted by atomic mass is 9.64. The molecule has 3 rings (SSSR count). The van der Waals surface area contributed by atoms with Gasteiger partial charge in [-0.3, -0.25) is 14.4 Å². The van der Waals surface area contributed by atoms with Crippen LogP contribution < -0.4 is 0 Å². The highest BCUT2D eigenvalue weighted by molar-refractivity contribution is 6.00. The van der Waals surface area contributed by atoms with E-state index in [1.165, 1.54) is 14.2 Å². The lowest BCUT2D eigenvalue weighted by Gasteiger charge is -2.49. The molecule has 0 aromatic rings. The van der Waals surface area contributed by atoms with Crippen LogP contribution in [0.4, 0.5) is 4.79 Å². The fourth-order valence-electron chi connectivity index (χ4n) is 3.53. The highest BCUT2D eigenvalue weighted by atomic mass is 16.6. The molecule has 2 aliphatic heterocycles. The molecule has 0 N–H and O–H groups in total. The van der Waals surface area contributed by atoms with Crippen LogP contribution in [0.3, 0.4) is 0 Å². The normalized spacial score (nSPS) is 29.2. The summed E-state index contributed by atoms with van der Waals surface area (Å²) >= 11 is 0. The van der Waals surface area contributed by atoms with Gasteiger partial charge in [0.15, 0.2) is 0 Å². The number of piperidine rings is 2. The number of carbonyl (C=O) groups excluding carboxylic acids is 4. The van der Waals surface area contributed by atoms with Crippen LogP contribution >= 0.6 is 0 Å². The summed E-state index contributed by atoms with van der Waals surface area (Å²) in [7, 11) is 2.41. The summed E-state index contributed by atoms with van der Waals surface area (Å²) < 4.78 is 14.8. The van der Waals surface area contributed by atoms with Gasteiger partial charge in [0.05, 0.1) is 38.0 Å². The van der Waals surface area contributed by atoms with Crippen molar-refractivity contribution < 1.29 is 33.4 Å². The summed E-state index contributed by atoms with van der Waals surface area (Å²) in [5, 5.41) is 0. The second-order valence-electron chi connectivity index (χ2n) is 7.04. The molecule has 0 unspecified atom stereocenters. The minimum atomic E-state index is -0.939. The van der Waals surface area contributed by atoms with Gasteiger partial charge in [-0.1, -0.05) is 0 Å². The van der Waals surface area contributed by atoms with E-state index >= 15 is 0 Å². The average molecular weight is 341 g/mol. The molecular weight excluding hydrogens is 318 g/mol. The molecule has 1 saturated carbocycles. The van der Waals surface area contributed by atoms with Crippen LogP contribution in [0.25, 0.3) is 0 Å². The Kier molecular flexibility index (Phi) is 4.87. The van der Waals surface area contributed by atoms with Crippen LogP contribution in [-0.2, 0) is 28.6 Å². The van der Waals surface area contributed by atoms with Crippen molar-refractivity contribution in [2.45, 2.75) is 45.3 Å². The Balaban J connectivity index is 2.39. The van der Waals surface area contributed by atoms with Gasteiger partial charge in [-0.2, -0.15) is 0 Å².